The summed E-state index contributed by atoms with van der Waals surface area (Å²) in [5, 5.41) is 0. The van der Waals surface area contributed by atoms with Crippen molar-refractivity contribution < 1.29 is 0 Å². The summed E-state index contributed by atoms with van der Waals surface area (Å²) in [4.78, 5) is 22.3. The van der Waals surface area contributed by atoms with Crippen LogP contribution in [0.4, 0.5) is 0 Å². The SMILES string of the molecule is Cc1ncc(-c2c[nH]c(=O)s2)cn1. The Labute approximate surface area is 78.3 Å². The Hall–Kier alpha value is -1.49. The van der Waals surface area contributed by atoms with Crippen molar-refractivity contribution in [3.8, 4) is 10.4 Å². The average molecular weight is 193 g/mol. The highest BCUT2D eigenvalue weighted by atomic mass is 32.1. The standard InChI is InChI=1S/C8H7N3OS/c1-5-9-2-6(3-10-5)7-4-11-8(12)13-7/h2-4H,1H3,(H,11,12). The molecule has 0 unspecified atom stereocenters. The maximum atomic E-state index is 10.9. The molecule has 0 aliphatic heterocycles. The summed E-state index contributed by atoms with van der Waals surface area (Å²) in [6.45, 7) is 1.82. The van der Waals surface area contributed by atoms with Crippen molar-refractivity contribution in [2.24, 2.45) is 0 Å². The van der Waals surface area contributed by atoms with E-state index in [0.29, 0.717) is 0 Å². The minimum atomic E-state index is -0.0597. The summed E-state index contributed by atoms with van der Waals surface area (Å²) in [6.07, 6.45) is 5.09. The molecule has 0 atom stereocenters. The van der Waals surface area contributed by atoms with Gasteiger partial charge in [0.2, 0.25) is 0 Å². The topological polar surface area (TPSA) is 58.6 Å². The van der Waals surface area contributed by atoms with Crippen molar-refractivity contribution in [2.45, 2.75) is 6.92 Å². The van der Waals surface area contributed by atoms with Crippen LogP contribution in [0.15, 0.2) is 23.4 Å². The number of thiazole rings is 1. The van der Waals surface area contributed by atoms with E-state index in [1.807, 2.05) is 6.92 Å². The van der Waals surface area contributed by atoms with E-state index in [9.17, 15) is 4.79 Å². The quantitative estimate of drug-likeness (QED) is 0.740. The number of aromatic amines is 1. The minimum Gasteiger partial charge on any atom is -0.319 e. The van der Waals surface area contributed by atoms with Crippen molar-refractivity contribution in [1.29, 1.82) is 0 Å². The monoisotopic (exact) mass is 193 g/mol. The first kappa shape index (κ1) is 8.12. The van der Waals surface area contributed by atoms with E-state index in [1.54, 1.807) is 18.6 Å². The van der Waals surface area contributed by atoms with Crippen LogP contribution in [-0.2, 0) is 0 Å². The molecular formula is C8H7N3OS. The molecule has 2 aromatic rings. The van der Waals surface area contributed by atoms with Crippen LogP contribution in [-0.4, -0.2) is 15.0 Å². The molecule has 1 N–H and O–H groups in total. The molecule has 0 aliphatic rings. The minimum absolute atomic E-state index is 0.0597. The molecule has 0 aliphatic carbocycles. The lowest BCUT2D eigenvalue weighted by Gasteiger charge is -1.94. The molecule has 2 heterocycles. The van der Waals surface area contributed by atoms with Gasteiger partial charge in [-0.3, -0.25) is 4.79 Å². The molecule has 0 radical (unpaired) electrons. The van der Waals surface area contributed by atoms with Gasteiger partial charge < -0.3 is 4.98 Å². The Morgan fingerprint density at radius 1 is 1.38 bits per heavy atom. The third kappa shape index (κ3) is 1.65. The van der Waals surface area contributed by atoms with Crippen LogP contribution in [0.5, 0.6) is 0 Å². The van der Waals surface area contributed by atoms with Gasteiger partial charge >= 0.3 is 4.87 Å². The van der Waals surface area contributed by atoms with Crippen LogP contribution in [0.3, 0.4) is 0 Å². The van der Waals surface area contributed by atoms with E-state index in [4.69, 9.17) is 0 Å². The summed E-state index contributed by atoms with van der Waals surface area (Å²) in [5.74, 6) is 0.728. The molecule has 13 heavy (non-hydrogen) atoms. The van der Waals surface area contributed by atoms with Crippen LogP contribution in [0, 0.1) is 6.92 Å². The second kappa shape index (κ2) is 3.10. The molecule has 5 heteroatoms. The Kier molecular flexibility index (Phi) is 1.94. The highest BCUT2D eigenvalue weighted by Gasteiger charge is 2.01. The van der Waals surface area contributed by atoms with Crippen molar-refractivity contribution in [1.82, 2.24) is 15.0 Å². The molecule has 0 spiro atoms. The third-order valence-corrected chi connectivity index (χ3v) is 2.47. The molecule has 66 valence electrons. The van der Waals surface area contributed by atoms with Gasteiger partial charge in [-0.15, -0.1) is 0 Å². The molecule has 2 rings (SSSR count). The number of H-pyrrole nitrogens is 1. The fourth-order valence-corrected chi connectivity index (χ4v) is 1.60. The lowest BCUT2D eigenvalue weighted by molar-refractivity contribution is 1.06. The largest absolute Gasteiger partial charge is 0.319 e. The highest BCUT2D eigenvalue weighted by Crippen LogP contribution is 2.18. The number of hydrogen-bond donors (Lipinski definition) is 1. The van der Waals surface area contributed by atoms with Crippen LogP contribution >= 0.6 is 11.3 Å². The molecule has 2 aromatic heterocycles. The van der Waals surface area contributed by atoms with E-state index >= 15 is 0 Å². The van der Waals surface area contributed by atoms with Gasteiger partial charge in [0, 0.05) is 24.2 Å². The fourth-order valence-electron chi connectivity index (χ4n) is 0.945. The van der Waals surface area contributed by atoms with Gasteiger partial charge in [0.05, 0.1) is 4.88 Å². The van der Waals surface area contributed by atoms with Crippen molar-refractivity contribution >= 4 is 11.3 Å². The summed E-state index contributed by atoms with van der Waals surface area (Å²) in [5.41, 5.74) is 0.869. The lowest BCUT2D eigenvalue weighted by atomic mass is 10.3. The Morgan fingerprint density at radius 3 is 2.62 bits per heavy atom. The zero-order chi connectivity index (χ0) is 9.26. The Morgan fingerprint density at radius 2 is 2.08 bits per heavy atom. The molecule has 0 amide bonds. The average Bonchev–Trinajstić information content (AvgIpc) is 2.53. The summed E-state index contributed by atoms with van der Waals surface area (Å²) in [6, 6.07) is 0. The van der Waals surface area contributed by atoms with Gasteiger partial charge in [0.1, 0.15) is 5.82 Å². The van der Waals surface area contributed by atoms with Crippen LogP contribution < -0.4 is 4.87 Å². The first-order valence-corrected chi connectivity index (χ1v) is 4.55. The van der Waals surface area contributed by atoms with E-state index in [1.165, 1.54) is 0 Å². The second-order valence-electron chi connectivity index (χ2n) is 2.56. The van der Waals surface area contributed by atoms with Crippen molar-refractivity contribution in [2.75, 3.05) is 0 Å². The first-order valence-electron chi connectivity index (χ1n) is 3.73. The molecule has 0 saturated carbocycles. The van der Waals surface area contributed by atoms with Gasteiger partial charge in [-0.05, 0) is 6.92 Å². The Balaban J connectivity index is 2.47. The van der Waals surface area contributed by atoms with Crippen LogP contribution in [0.2, 0.25) is 0 Å². The van der Waals surface area contributed by atoms with Gasteiger partial charge in [-0.2, -0.15) is 0 Å². The van der Waals surface area contributed by atoms with Crippen LogP contribution in [0.25, 0.3) is 10.4 Å². The zero-order valence-electron chi connectivity index (χ0n) is 6.94. The number of aryl methyl sites for hydroxylation is 1. The molecule has 4 nitrogen and oxygen atoms in total. The highest BCUT2D eigenvalue weighted by molar-refractivity contribution is 7.12. The van der Waals surface area contributed by atoms with Gasteiger partial charge in [-0.1, -0.05) is 11.3 Å². The maximum Gasteiger partial charge on any atom is 0.305 e. The molecule has 0 bridgehead atoms. The van der Waals surface area contributed by atoms with E-state index < -0.39 is 0 Å². The van der Waals surface area contributed by atoms with E-state index in [0.717, 1.165) is 27.6 Å². The molecular weight excluding hydrogens is 186 g/mol. The van der Waals surface area contributed by atoms with Gasteiger partial charge in [0.15, 0.2) is 0 Å². The number of nitrogens with one attached hydrogen (secondary N) is 1. The van der Waals surface area contributed by atoms with E-state index in [-0.39, 0.29) is 4.87 Å². The zero-order valence-corrected chi connectivity index (χ0v) is 7.76. The lowest BCUT2D eigenvalue weighted by Crippen LogP contribution is -1.88. The van der Waals surface area contributed by atoms with Gasteiger partial charge in [0.25, 0.3) is 0 Å². The molecule has 0 saturated heterocycles. The smallest absolute Gasteiger partial charge is 0.305 e. The van der Waals surface area contributed by atoms with E-state index in [2.05, 4.69) is 15.0 Å². The third-order valence-electron chi connectivity index (χ3n) is 1.59. The van der Waals surface area contributed by atoms with Crippen molar-refractivity contribution in [3.05, 3.63) is 34.1 Å². The van der Waals surface area contributed by atoms with Gasteiger partial charge in [-0.25, -0.2) is 9.97 Å². The van der Waals surface area contributed by atoms with Crippen molar-refractivity contribution in [3.63, 3.8) is 0 Å². The summed E-state index contributed by atoms with van der Waals surface area (Å²) >= 11 is 1.16. The molecule has 0 fully saturated rings. The number of aromatic nitrogens is 3. The second-order valence-corrected chi connectivity index (χ2v) is 3.58. The Bertz CT molecular complexity index is 457. The maximum absolute atomic E-state index is 10.9. The summed E-state index contributed by atoms with van der Waals surface area (Å²) < 4.78 is 0. The molecule has 0 aromatic carbocycles. The number of hydrogen-bond acceptors (Lipinski definition) is 4. The number of rotatable bonds is 1. The summed E-state index contributed by atoms with van der Waals surface area (Å²) in [7, 11) is 0. The normalized spacial score (nSPS) is 10.2. The predicted octanol–water partition coefficient (Wildman–Crippen LogP) is 1.20. The first-order chi connectivity index (χ1) is 6.25. The number of nitrogens with zero attached hydrogens (tertiary/aromatic N) is 2. The fraction of sp³-hybridized carbons (Fsp3) is 0.125. The predicted molar refractivity (Wildman–Crippen MR) is 50.7 cm³/mol. The van der Waals surface area contributed by atoms with Crippen LogP contribution in [0.1, 0.15) is 5.82 Å².